The molecule has 0 saturated carbocycles. The number of halogens is 2. The van der Waals surface area contributed by atoms with Crippen LogP contribution in [0.4, 0.5) is 10.1 Å². The van der Waals surface area contributed by atoms with Crippen molar-refractivity contribution in [2.45, 2.75) is 6.42 Å². The van der Waals surface area contributed by atoms with Gasteiger partial charge in [-0.25, -0.2) is 4.39 Å². The quantitative estimate of drug-likeness (QED) is 0.815. The number of nitrogens with zero attached hydrogens (tertiary/aromatic N) is 3. The second-order valence-corrected chi connectivity index (χ2v) is 5.14. The minimum Gasteiger partial charge on any atom is -0.302 e. The van der Waals surface area contributed by atoms with Crippen LogP contribution in [0.3, 0.4) is 0 Å². The first kappa shape index (κ1) is 13.8. The maximum absolute atomic E-state index is 14.0. The molecule has 5 nitrogen and oxygen atoms in total. The van der Waals surface area contributed by atoms with Crippen molar-refractivity contribution < 1.29 is 14.0 Å². The lowest BCUT2D eigenvalue weighted by Crippen LogP contribution is -2.32. The monoisotopic (exact) mass is 307 g/mol. The van der Waals surface area contributed by atoms with Gasteiger partial charge >= 0.3 is 0 Å². The lowest BCUT2D eigenvalue weighted by molar-refractivity contribution is -0.114. The molecule has 0 radical (unpaired) electrons. The Bertz CT molecular complexity index is 757. The van der Waals surface area contributed by atoms with Crippen LogP contribution in [-0.4, -0.2) is 28.0 Å². The number of aryl methyl sites for hydroxylation is 1. The summed E-state index contributed by atoms with van der Waals surface area (Å²) in [5.74, 6) is -2.14. The smallest absolute Gasteiger partial charge is 0.299 e. The number of aromatic nitrogens is 2. The average Bonchev–Trinajstić information content (AvgIpc) is 2.97. The summed E-state index contributed by atoms with van der Waals surface area (Å²) in [6.07, 6.45) is 2.10. The van der Waals surface area contributed by atoms with Gasteiger partial charge in [0.15, 0.2) is 0 Å². The standard InChI is InChI=1S/C14H11ClFN3O2/c1-18-8(4-6-17-18)5-7-19-12-10(16)3-2-9(15)11(12)13(20)14(19)21/h2-4,6H,5,7H2,1H3. The van der Waals surface area contributed by atoms with E-state index in [1.807, 2.05) is 0 Å². The number of Topliss-reactive ketones (excluding diaryl/α,β-unsaturated/α-hetero) is 1. The third kappa shape index (κ3) is 2.12. The van der Waals surface area contributed by atoms with Gasteiger partial charge in [0, 0.05) is 31.9 Å². The molecule has 0 saturated heterocycles. The number of rotatable bonds is 3. The zero-order chi connectivity index (χ0) is 15.1. The molecule has 21 heavy (non-hydrogen) atoms. The molecule has 7 heteroatoms. The third-order valence-electron chi connectivity index (χ3n) is 3.53. The van der Waals surface area contributed by atoms with E-state index in [0.717, 1.165) is 16.7 Å². The lowest BCUT2D eigenvalue weighted by atomic mass is 10.1. The molecular formula is C14H11ClFN3O2. The molecule has 0 bridgehead atoms. The zero-order valence-corrected chi connectivity index (χ0v) is 11.9. The second-order valence-electron chi connectivity index (χ2n) is 4.73. The molecular weight excluding hydrogens is 297 g/mol. The average molecular weight is 308 g/mol. The van der Waals surface area contributed by atoms with Gasteiger partial charge in [0.05, 0.1) is 16.3 Å². The summed E-state index contributed by atoms with van der Waals surface area (Å²) < 4.78 is 15.7. The van der Waals surface area contributed by atoms with Crippen molar-refractivity contribution in [3.8, 4) is 0 Å². The van der Waals surface area contributed by atoms with Gasteiger partial charge in [0.25, 0.3) is 11.7 Å². The number of fused-ring (bicyclic) bond motifs is 1. The van der Waals surface area contributed by atoms with E-state index in [-0.39, 0.29) is 22.8 Å². The fourth-order valence-electron chi connectivity index (χ4n) is 2.44. The summed E-state index contributed by atoms with van der Waals surface area (Å²) in [5, 5.41) is 4.11. The van der Waals surface area contributed by atoms with Gasteiger partial charge in [-0.05, 0) is 18.2 Å². The fourth-order valence-corrected chi connectivity index (χ4v) is 2.68. The predicted octanol–water partition coefficient (Wildman–Crippen LogP) is 1.98. The summed E-state index contributed by atoms with van der Waals surface area (Å²) in [4.78, 5) is 25.1. The molecule has 3 rings (SSSR count). The number of carbonyl (C=O) groups is 2. The zero-order valence-electron chi connectivity index (χ0n) is 11.1. The molecule has 108 valence electrons. The van der Waals surface area contributed by atoms with E-state index in [0.29, 0.717) is 6.42 Å². The molecule has 1 aliphatic heterocycles. The van der Waals surface area contributed by atoms with Crippen LogP contribution in [0.1, 0.15) is 16.1 Å². The third-order valence-corrected chi connectivity index (χ3v) is 3.84. The predicted molar refractivity (Wildman–Crippen MR) is 75.0 cm³/mol. The number of carbonyl (C=O) groups excluding carboxylic acids is 2. The summed E-state index contributed by atoms with van der Waals surface area (Å²) in [6.45, 7) is 0.189. The van der Waals surface area contributed by atoms with Gasteiger partial charge in [-0.15, -0.1) is 0 Å². The van der Waals surface area contributed by atoms with Gasteiger partial charge < -0.3 is 4.90 Å². The normalized spacial score (nSPS) is 14.0. The number of ketones is 1. The van der Waals surface area contributed by atoms with Crippen molar-refractivity contribution in [1.82, 2.24) is 9.78 Å². The van der Waals surface area contributed by atoms with Crippen LogP contribution in [0.5, 0.6) is 0 Å². The molecule has 0 fully saturated rings. The Morgan fingerprint density at radius 3 is 2.71 bits per heavy atom. The molecule has 0 atom stereocenters. The number of hydrogen-bond donors (Lipinski definition) is 0. The van der Waals surface area contributed by atoms with E-state index in [4.69, 9.17) is 11.6 Å². The Balaban J connectivity index is 1.95. The highest BCUT2D eigenvalue weighted by molar-refractivity contribution is 6.55. The SMILES string of the molecule is Cn1nccc1CCN1C(=O)C(=O)c2c(Cl)ccc(F)c21. The molecule has 1 aliphatic rings. The highest BCUT2D eigenvalue weighted by Crippen LogP contribution is 2.36. The van der Waals surface area contributed by atoms with Gasteiger partial charge in [-0.2, -0.15) is 5.10 Å². The minimum absolute atomic E-state index is 0.0281. The number of hydrogen-bond acceptors (Lipinski definition) is 3. The largest absolute Gasteiger partial charge is 0.302 e. The minimum atomic E-state index is -0.764. The highest BCUT2D eigenvalue weighted by Gasteiger charge is 2.39. The van der Waals surface area contributed by atoms with Gasteiger partial charge in [0.2, 0.25) is 0 Å². The highest BCUT2D eigenvalue weighted by atomic mass is 35.5. The molecule has 1 amide bonds. The first-order chi connectivity index (χ1) is 10.0. The van der Waals surface area contributed by atoms with Crippen LogP contribution in [0, 0.1) is 5.82 Å². The van der Waals surface area contributed by atoms with E-state index in [1.165, 1.54) is 6.07 Å². The molecule has 0 unspecified atom stereocenters. The molecule has 1 aromatic heterocycles. The molecule has 2 aromatic rings. The van der Waals surface area contributed by atoms with Crippen LogP contribution in [0.25, 0.3) is 0 Å². The molecule has 1 aromatic carbocycles. The molecule has 2 heterocycles. The number of anilines is 1. The van der Waals surface area contributed by atoms with Crippen LogP contribution < -0.4 is 4.90 Å². The summed E-state index contributed by atoms with van der Waals surface area (Å²) in [5.41, 5.74) is 0.803. The van der Waals surface area contributed by atoms with E-state index in [1.54, 1.807) is 24.0 Å². The first-order valence-electron chi connectivity index (χ1n) is 6.31. The fraction of sp³-hybridized carbons (Fsp3) is 0.214. The Morgan fingerprint density at radius 1 is 1.29 bits per heavy atom. The first-order valence-corrected chi connectivity index (χ1v) is 6.69. The Hall–Kier alpha value is -2.21. The van der Waals surface area contributed by atoms with Crippen LogP contribution >= 0.6 is 11.6 Å². The summed E-state index contributed by atoms with van der Waals surface area (Å²) in [7, 11) is 1.78. The van der Waals surface area contributed by atoms with E-state index >= 15 is 0 Å². The molecule has 0 spiro atoms. The van der Waals surface area contributed by atoms with Crippen molar-refractivity contribution in [3.63, 3.8) is 0 Å². The van der Waals surface area contributed by atoms with Gasteiger partial charge in [-0.3, -0.25) is 14.3 Å². The van der Waals surface area contributed by atoms with Crippen molar-refractivity contribution >= 4 is 29.0 Å². The Morgan fingerprint density at radius 2 is 2.05 bits per heavy atom. The van der Waals surface area contributed by atoms with Gasteiger partial charge in [-0.1, -0.05) is 11.6 Å². The van der Waals surface area contributed by atoms with E-state index < -0.39 is 17.5 Å². The van der Waals surface area contributed by atoms with Crippen LogP contribution in [0.2, 0.25) is 5.02 Å². The summed E-state index contributed by atoms with van der Waals surface area (Å²) in [6, 6.07) is 4.24. The van der Waals surface area contributed by atoms with Crippen LogP contribution in [0.15, 0.2) is 24.4 Å². The topological polar surface area (TPSA) is 55.2 Å². The number of amides is 1. The van der Waals surface area contributed by atoms with E-state index in [9.17, 15) is 14.0 Å². The maximum atomic E-state index is 14.0. The lowest BCUT2D eigenvalue weighted by Gasteiger charge is -2.17. The van der Waals surface area contributed by atoms with Crippen molar-refractivity contribution in [2.24, 2.45) is 7.05 Å². The Labute approximate surface area is 124 Å². The van der Waals surface area contributed by atoms with Crippen molar-refractivity contribution in [2.75, 3.05) is 11.4 Å². The van der Waals surface area contributed by atoms with Gasteiger partial charge in [0.1, 0.15) is 5.82 Å². The Kier molecular flexibility index (Phi) is 3.25. The molecule has 0 aliphatic carbocycles. The van der Waals surface area contributed by atoms with E-state index in [2.05, 4.69) is 5.10 Å². The molecule has 0 N–H and O–H groups in total. The summed E-state index contributed by atoms with van der Waals surface area (Å²) >= 11 is 5.91. The van der Waals surface area contributed by atoms with Crippen molar-refractivity contribution in [1.29, 1.82) is 0 Å². The maximum Gasteiger partial charge on any atom is 0.299 e. The number of benzene rings is 1. The van der Waals surface area contributed by atoms with Crippen LogP contribution in [-0.2, 0) is 18.3 Å². The second kappa shape index (κ2) is 4.96. The van der Waals surface area contributed by atoms with Crippen molar-refractivity contribution in [3.05, 3.63) is 46.5 Å².